The number of hydrogen-bond donors (Lipinski definition) is 3. The number of hydrogen-bond acceptors (Lipinski definition) is 6. The Morgan fingerprint density at radius 2 is 1.76 bits per heavy atom. The quantitative estimate of drug-likeness (QED) is 0.155. The van der Waals surface area contributed by atoms with E-state index in [4.69, 9.17) is 5.26 Å². The van der Waals surface area contributed by atoms with Gasteiger partial charge in [0.15, 0.2) is 5.88 Å². The maximum absolute atomic E-state index is 12.8. The molecule has 0 fully saturated rings. The van der Waals surface area contributed by atoms with E-state index in [1.165, 1.54) is 40.6 Å². The molecular weight excluding hydrogens is 532 g/mol. The van der Waals surface area contributed by atoms with Crippen molar-refractivity contribution in [3.8, 4) is 6.07 Å². The highest BCUT2D eigenvalue weighted by Gasteiger charge is 2.19. The Labute approximate surface area is 241 Å². The molecule has 5 rings (SSSR count). The first kappa shape index (κ1) is 28.2. The van der Waals surface area contributed by atoms with Gasteiger partial charge in [-0.3, -0.25) is 9.62 Å². The second-order valence-electron chi connectivity index (χ2n) is 10.4. The number of allylic oxidation sites excluding steroid dienone is 1. The number of fused-ring (bicyclic) bond motifs is 2. The second-order valence-corrected chi connectivity index (χ2v) is 12.0. The zero-order chi connectivity index (χ0) is 28.7. The molecule has 0 bridgehead atoms. The minimum absolute atomic E-state index is 0.124. The van der Waals surface area contributed by atoms with Crippen molar-refractivity contribution in [2.45, 2.75) is 37.1 Å². The lowest BCUT2D eigenvalue weighted by molar-refractivity contribution is 0.248. The van der Waals surface area contributed by atoms with Crippen molar-refractivity contribution >= 4 is 26.5 Å². The van der Waals surface area contributed by atoms with E-state index in [-0.39, 0.29) is 10.8 Å². The van der Waals surface area contributed by atoms with Gasteiger partial charge in [-0.05, 0) is 102 Å². The average Bonchev–Trinajstić information content (AvgIpc) is 2.99. The summed E-state index contributed by atoms with van der Waals surface area (Å²) < 4.78 is 28.3. The number of benzene rings is 4. The normalized spacial score (nSPS) is 13.9. The third kappa shape index (κ3) is 7.46. The number of rotatable bonds is 11. The first-order valence-electron chi connectivity index (χ1n) is 13.9. The number of nitrogens with zero attached hydrogens (tertiary/aromatic N) is 2. The summed E-state index contributed by atoms with van der Waals surface area (Å²) >= 11 is 0. The lowest BCUT2D eigenvalue weighted by Crippen LogP contribution is -2.31. The Bertz CT molecular complexity index is 1690. The average molecular weight is 567 g/mol. The number of sulfonamides is 1. The Hall–Kier alpha value is -4.32. The van der Waals surface area contributed by atoms with E-state index in [0.29, 0.717) is 24.2 Å². The van der Waals surface area contributed by atoms with Gasteiger partial charge in [0.05, 0.1) is 16.5 Å². The van der Waals surface area contributed by atoms with Crippen LogP contribution in [-0.4, -0.2) is 38.1 Å². The van der Waals surface area contributed by atoms with Crippen LogP contribution in [0.4, 0.5) is 5.69 Å². The van der Waals surface area contributed by atoms with Gasteiger partial charge in [-0.2, -0.15) is 5.26 Å². The van der Waals surface area contributed by atoms with Crippen LogP contribution in [0.3, 0.4) is 0 Å². The van der Waals surface area contributed by atoms with Gasteiger partial charge in [0, 0.05) is 25.3 Å². The molecule has 8 heteroatoms. The van der Waals surface area contributed by atoms with Crippen molar-refractivity contribution in [1.82, 2.24) is 10.2 Å². The fourth-order valence-corrected chi connectivity index (χ4v) is 6.17. The molecule has 0 radical (unpaired) electrons. The number of anilines is 1. The largest absolute Gasteiger partial charge is 0.495 e. The molecule has 0 unspecified atom stereocenters. The molecule has 0 amide bonds. The van der Waals surface area contributed by atoms with Crippen LogP contribution in [0.2, 0.25) is 0 Å². The third-order valence-electron chi connectivity index (χ3n) is 7.40. The van der Waals surface area contributed by atoms with Crippen molar-refractivity contribution in [2.75, 3.05) is 24.4 Å². The van der Waals surface area contributed by atoms with Gasteiger partial charge in [0.1, 0.15) is 0 Å². The predicted molar refractivity (Wildman–Crippen MR) is 163 cm³/mol. The SMILES string of the molecule is N#Cc1ccc(S(=O)(=O)Nc2ccc3c(c2)CN(CCCCN/C(O)=C\Cc2ccc4ccccc4c2)CC3)cc1. The Morgan fingerprint density at radius 3 is 2.56 bits per heavy atom. The van der Waals surface area contributed by atoms with E-state index in [1.54, 1.807) is 6.07 Å². The highest BCUT2D eigenvalue weighted by Crippen LogP contribution is 2.25. The summed E-state index contributed by atoms with van der Waals surface area (Å²) in [6, 6.07) is 28.2. The first-order chi connectivity index (χ1) is 19.9. The summed E-state index contributed by atoms with van der Waals surface area (Å²) in [5, 5.41) is 24.7. The summed E-state index contributed by atoms with van der Waals surface area (Å²) in [6.45, 7) is 3.37. The monoisotopic (exact) mass is 566 g/mol. The van der Waals surface area contributed by atoms with Crippen LogP contribution < -0.4 is 10.0 Å². The molecule has 7 nitrogen and oxygen atoms in total. The number of nitrogens with one attached hydrogen (secondary N) is 2. The summed E-state index contributed by atoms with van der Waals surface area (Å²) in [7, 11) is -3.74. The molecule has 0 aliphatic carbocycles. The number of nitriles is 1. The Balaban J connectivity index is 1.06. The summed E-state index contributed by atoms with van der Waals surface area (Å²) in [5.41, 5.74) is 4.48. The molecule has 0 spiro atoms. The number of aliphatic hydroxyl groups is 1. The fraction of sp³-hybridized carbons (Fsp3) is 0.242. The van der Waals surface area contributed by atoms with E-state index in [1.807, 2.05) is 36.4 Å². The first-order valence-corrected chi connectivity index (χ1v) is 15.4. The summed E-state index contributed by atoms with van der Waals surface area (Å²) in [5.74, 6) is 0.209. The molecule has 1 aliphatic heterocycles. The van der Waals surface area contributed by atoms with Crippen LogP contribution in [0, 0.1) is 11.3 Å². The van der Waals surface area contributed by atoms with Crippen LogP contribution in [0.15, 0.2) is 102 Å². The third-order valence-corrected chi connectivity index (χ3v) is 8.79. The lowest BCUT2D eigenvalue weighted by Gasteiger charge is -2.29. The molecule has 4 aromatic rings. The lowest BCUT2D eigenvalue weighted by atomic mass is 9.99. The molecule has 1 heterocycles. The maximum Gasteiger partial charge on any atom is 0.261 e. The highest BCUT2D eigenvalue weighted by molar-refractivity contribution is 7.92. The fourth-order valence-electron chi connectivity index (χ4n) is 5.12. The molecule has 0 saturated carbocycles. The van der Waals surface area contributed by atoms with Gasteiger partial charge in [-0.15, -0.1) is 0 Å². The van der Waals surface area contributed by atoms with Gasteiger partial charge in [0.25, 0.3) is 10.0 Å². The van der Waals surface area contributed by atoms with Crippen LogP contribution in [0.1, 0.15) is 35.1 Å². The minimum Gasteiger partial charge on any atom is -0.495 e. The van der Waals surface area contributed by atoms with Gasteiger partial charge in [0.2, 0.25) is 0 Å². The van der Waals surface area contributed by atoms with Crippen LogP contribution in [-0.2, 0) is 29.4 Å². The zero-order valence-electron chi connectivity index (χ0n) is 22.9. The zero-order valence-corrected chi connectivity index (χ0v) is 23.7. The van der Waals surface area contributed by atoms with Crippen LogP contribution in [0.25, 0.3) is 10.8 Å². The molecule has 0 saturated heterocycles. The van der Waals surface area contributed by atoms with E-state index < -0.39 is 10.0 Å². The van der Waals surface area contributed by atoms with E-state index in [9.17, 15) is 13.5 Å². The van der Waals surface area contributed by atoms with Crippen molar-refractivity contribution in [3.05, 3.63) is 119 Å². The van der Waals surface area contributed by atoms with Crippen LogP contribution >= 0.6 is 0 Å². The minimum atomic E-state index is -3.74. The summed E-state index contributed by atoms with van der Waals surface area (Å²) in [4.78, 5) is 2.51. The molecule has 0 aromatic heterocycles. The molecule has 41 heavy (non-hydrogen) atoms. The van der Waals surface area contributed by atoms with Gasteiger partial charge in [-0.25, -0.2) is 8.42 Å². The van der Waals surface area contributed by atoms with Crippen molar-refractivity contribution in [1.29, 1.82) is 5.26 Å². The van der Waals surface area contributed by atoms with Crippen molar-refractivity contribution < 1.29 is 13.5 Å². The second kappa shape index (κ2) is 12.9. The Morgan fingerprint density at radius 1 is 0.951 bits per heavy atom. The molecule has 3 N–H and O–H groups in total. The molecule has 210 valence electrons. The van der Waals surface area contributed by atoms with E-state index in [2.05, 4.69) is 45.3 Å². The topological polar surface area (TPSA) is 105 Å². The van der Waals surface area contributed by atoms with Crippen molar-refractivity contribution in [2.24, 2.45) is 0 Å². The van der Waals surface area contributed by atoms with E-state index in [0.717, 1.165) is 50.0 Å². The van der Waals surface area contributed by atoms with Crippen LogP contribution in [0.5, 0.6) is 0 Å². The molecule has 0 atom stereocenters. The number of aliphatic hydroxyl groups excluding tert-OH is 1. The van der Waals surface area contributed by atoms with E-state index >= 15 is 0 Å². The van der Waals surface area contributed by atoms with Gasteiger partial charge in [-0.1, -0.05) is 48.5 Å². The van der Waals surface area contributed by atoms with Gasteiger partial charge >= 0.3 is 0 Å². The smallest absolute Gasteiger partial charge is 0.261 e. The highest BCUT2D eigenvalue weighted by atomic mass is 32.2. The van der Waals surface area contributed by atoms with Crippen molar-refractivity contribution in [3.63, 3.8) is 0 Å². The molecule has 4 aromatic carbocycles. The molecule has 1 aliphatic rings. The predicted octanol–water partition coefficient (Wildman–Crippen LogP) is 5.88. The standard InChI is InChI=1S/C33H34N4O3S/c34-23-26-8-14-32(15-9-26)41(39,40)36-31-13-12-28-17-20-37(24-30(28)22-31)19-4-3-18-35-33(38)16-10-25-7-11-27-5-1-2-6-29(27)21-25/h1-2,5-9,11-16,21-22,35-36,38H,3-4,10,17-20,24H2/b33-16+. The summed E-state index contributed by atoms with van der Waals surface area (Å²) in [6.07, 6.45) is 5.34. The maximum atomic E-state index is 12.8. The van der Waals surface area contributed by atoms with Gasteiger partial charge < -0.3 is 10.4 Å². The number of unbranched alkanes of at least 4 members (excludes halogenated alkanes) is 1. The molecular formula is C33H34N4O3S. The Kier molecular flexibility index (Phi) is 8.88.